The minimum Gasteiger partial charge on any atom is -0.453 e. The number of benzene rings is 5. The molecule has 0 spiro atoms. The lowest BCUT2D eigenvalue weighted by Gasteiger charge is -2.28. The molecule has 0 saturated heterocycles. The second kappa shape index (κ2) is 10.5. The van der Waals surface area contributed by atoms with E-state index in [0.29, 0.717) is 0 Å². The highest BCUT2D eigenvalue weighted by atomic mass is 16.3. The van der Waals surface area contributed by atoms with Crippen molar-refractivity contribution in [3.8, 4) is 0 Å². The molecule has 0 aliphatic rings. The van der Waals surface area contributed by atoms with Crippen LogP contribution in [0, 0.1) is 0 Å². The number of furan rings is 1. The molecular weight excluding hydrogens is 528 g/mol. The summed E-state index contributed by atoms with van der Waals surface area (Å²) in [4.78, 5) is 13.1. The Morgan fingerprint density at radius 2 is 0.977 bits per heavy atom. The Morgan fingerprint density at radius 1 is 0.395 bits per heavy atom. The number of rotatable bonds is 6. The summed E-state index contributed by atoms with van der Waals surface area (Å²) in [6, 6.07) is 46.1. The van der Waals surface area contributed by atoms with E-state index in [9.17, 15) is 0 Å². The molecule has 0 aliphatic carbocycles. The van der Waals surface area contributed by atoms with E-state index < -0.39 is 0 Å². The first-order valence-electron chi connectivity index (χ1n) is 14.2. The zero-order valence-electron chi connectivity index (χ0n) is 23.2. The van der Waals surface area contributed by atoms with Crippen LogP contribution in [0.25, 0.3) is 32.7 Å². The van der Waals surface area contributed by atoms with Gasteiger partial charge in [0.05, 0.1) is 29.5 Å². The molecule has 0 aliphatic heterocycles. The summed E-state index contributed by atoms with van der Waals surface area (Å²) in [5.41, 5.74) is 7.74. The summed E-state index contributed by atoms with van der Waals surface area (Å²) in [6.45, 7) is 0. The lowest BCUT2D eigenvalue weighted by atomic mass is 10.1. The second-order valence-corrected chi connectivity index (χ2v) is 10.4. The minimum absolute atomic E-state index is 0.856. The van der Waals surface area contributed by atoms with Gasteiger partial charge in [-0.2, -0.15) is 0 Å². The Hall–Kier alpha value is -5.94. The van der Waals surface area contributed by atoms with Gasteiger partial charge < -0.3 is 14.2 Å². The maximum atomic E-state index is 6.73. The largest absolute Gasteiger partial charge is 0.453 e. The normalized spacial score (nSPS) is 11.3. The average Bonchev–Trinajstić information content (AvgIpc) is 3.47. The van der Waals surface area contributed by atoms with Crippen LogP contribution >= 0.6 is 0 Å². The molecule has 43 heavy (non-hydrogen) atoms. The highest BCUT2D eigenvalue weighted by molar-refractivity contribution is 6.17. The average molecular weight is 555 g/mol. The van der Waals surface area contributed by atoms with Crippen molar-refractivity contribution in [1.29, 1.82) is 0 Å². The first kappa shape index (κ1) is 24.8. The van der Waals surface area contributed by atoms with Crippen molar-refractivity contribution < 1.29 is 4.42 Å². The molecule has 0 bridgehead atoms. The van der Waals surface area contributed by atoms with Crippen molar-refractivity contribution >= 4 is 66.8 Å². The van der Waals surface area contributed by atoms with Gasteiger partial charge in [0.1, 0.15) is 5.58 Å². The number of hydrogen-bond acceptors (Lipinski definition) is 5. The molecule has 0 amide bonds. The van der Waals surface area contributed by atoms with Crippen molar-refractivity contribution in [3.63, 3.8) is 0 Å². The van der Waals surface area contributed by atoms with Crippen molar-refractivity contribution in [1.82, 2.24) is 9.97 Å². The second-order valence-electron chi connectivity index (χ2n) is 10.4. The van der Waals surface area contributed by atoms with Crippen molar-refractivity contribution in [2.75, 3.05) is 9.80 Å². The van der Waals surface area contributed by atoms with E-state index in [0.717, 1.165) is 66.8 Å². The molecule has 0 radical (unpaired) electrons. The van der Waals surface area contributed by atoms with E-state index in [2.05, 4.69) is 135 Å². The molecule has 0 fully saturated rings. The maximum absolute atomic E-state index is 6.73. The van der Waals surface area contributed by atoms with Crippen LogP contribution in [0.15, 0.2) is 163 Å². The molecule has 8 aromatic rings. The zero-order chi connectivity index (χ0) is 28.6. The molecule has 0 atom stereocenters. The van der Waals surface area contributed by atoms with Gasteiger partial charge in [-0.05, 0) is 78.2 Å². The number of para-hydroxylation sites is 2. The van der Waals surface area contributed by atoms with E-state index in [1.54, 1.807) is 12.4 Å². The maximum Gasteiger partial charge on any atom is 0.159 e. The number of anilines is 6. The Balaban J connectivity index is 1.29. The Bertz CT molecular complexity index is 2140. The highest BCUT2D eigenvalue weighted by Crippen LogP contribution is 2.44. The first-order valence-corrected chi connectivity index (χ1v) is 14.2. The first-order chi connectivity index (χ1) is 21.3. The predicted octanol–water partition coefficient (Wildman–Crippen LogP) is 10.5. The Kier molecular flexibility index (Phi) is 6.05. The number of aromatic nitrogens is 2. The van der Waals surface area contributed by atoms with Gasteiger partial charge in [-0.3, -0.25) is 9.97 Å². The smallest absolute Gasteiger partial charge is 0.159 e. The third kappa shape index (κ3) is 4.35. The fourth-order valence-corrected chi connectivity index (χ4v) is 5.86. The molecule has 3 heterocycles. The van der Waals surface area contributed by atoms with E-state index >= 15 is 0 Å². The molecule has 5 aromatic carbocycles. The fraction of sp³-hybridized carbons (Fsp3) is 0. The fourth-order valence-electron chi connectivity index (χ4n) is 5.86. The van der Waals surface area contributed by atoms with Crippen LogP contribution in [0.4, 0.5) is 34.1 Å². The summed E-state index contributed by atoms with van der Waals surface area (Å²) in [5, 5.41) is 4.49. The Labute approximate surface area is 248 Å². The van der Waals surface area contributed by atoms with Crippen LogP contribution in [-0.4, -0.2) is 9.97 Å². The quantitative estimate of drug-likeness (QED) is 0.205. The molecule has 8 rings (SSSR count). The van der Waals surface area contributed by atoms with Crippen molar-refractivity contribution in [2.45, 2.75) is 0 Å². The standard InChI is InChI=1S/C38H26N4O/c1-2-10-28(11-3-1)42(36-16-6-15-34-35-22-17-27-9-4-5-14-33(27)37(35)43-38(34)36)30-20-18-29(19-21-30)41(31-12-7-23-39-25-31)32-13-8-24-40-26-32/h1-26H. The summed E-state index contributed by atoms with van der Waals surface area (Å²) in [7, 11) is 0. The number of hydrogen-bond donors (Lipinski definition) is 0. The lowest BCUT2D eigenvalue weighted by Crippen LogP contribution is -2.12. The van der Waals surface area contributed by atoms with Crippen LogP contribution < -0.4 is 9.80 Å². The van der Waals surface area contributed by atoms with Crippen LogP contribution in [0.1, 0.15) is 0 Å². The Morgan fingerprint density at radius 3 is 1.67 bits per heavy atom. The predicted molar refractivity (Wildman–Crippen MR) is 176 cm³/mol. The van der Waals surface area contributed by atoms with Crippen LogP contribution in [-0.2, 0) is 0 Å². The van der Waals surface area contributed by atoms with Crippen molar-refractivity contribution in [2.24, 2.45) is 0 Å². The van der Waals surface area contributed by atoms with Gasteiger partial charge in [-0.15, -0.1) is 0 Å². The molecule has 0 N–H and O–H groups in total. The van der Waals surface area contributed by atoms with Gasteiger partial charge in [0, 0.05) is 45.6 Å². The summed E-state index contributed by atoms with van der Waals surface area (Å²) in [6.07, 6.45) is 7.30. The van der Waals surface area contributed by atoms with Crippen LogP contribution in [0.5, 0.6) is 0 Å². The van der Waals surface area contributed by atoms with Crippen LogP contribution in [0.3, 0.4) is 0 Å². The minimum atomic E-state index is 0.856. The SMILES string of the molecule is c1ccc(N(c2ccc(N(c3cccnc3)c3cccnc3)cc2)c2cccc3c2oc2c4ccccc4ccc32)cc1. The summed E-state index contributed by atoms with van der Waals surface area (Å²) < 4.78 is 6.73. The van der Waals surface area contributed by atoms with Gasteiger partial charge in [-0.25, -0.2) is 0 Å². The van der Waals surface area contributed by atoms with Gasteiger partial charge in [0.2, 0.25) is 0 Å². The number of pyridine rings is 2. The third-order valence-electron chi connectivity index (χ3n) is 7.80. The summed E-state index contributed by atoms with van der Waals surface area (Å²) in [5.74, 6) is 0. The molecule has 0 unspecified atom stereocenters. The third-order valence-corrected chi connectivity index (χ3v) is 7.80. The number of nitrogens with zero attached hydrogens (tertiary/aromatic N) is 4. The van der Waals surface area contributed by atoms with E-state index in [-0.39, 0.29) is 0 Å². The molecule has 204 valence electrons. The monoisotopic (exact) mass is 554 g/mol. The molecule has 0 saturated carbocycles. The summed E-state index contributed by atoms with van der Waals surface area (Å²) >= 11 is 0. The van der Waals surface area contributed by atoms with E-state index in [4.69, 9.17) is 4.42 Å². The molecule has 3 aromatic heterocycles. The van der Waals surface area contributed by atoms with Gasteiger partial charge >= 0.3 is 0 Å². The lowest BCUT2D eigenvalue weighted by molar-refractivity contribution is 0.673. The van der Waals surface area contributed by atoms with Gasteiger partial charge in [-0.1, -0.05) is 60.7 Å². The molecule has 5 nitrogen and oxygen atoms in total. The zero-order valence-corrected chi connectivity index (χ0v) is 23.2. The van der Waals surface area contributed by atoms with Crippen LogP contribution in [0.2, 0.25) is 0 Å². The van der Waals surface area contributed by atoms with E-state index in [1.165, 1.54) is 0 Å². The molecule has 5 heteroatoms. The topological polar surface area (TPSA) is 45.4 Å². The van der Waals surface area contributed by atoms with Gasteiger partial charge in [0.25, 0.3) is 0 Å². The number of fused-ring (bicyclic) bond motifs is 5. The van der Waals surface area contributed by atoms with E-state index in [1.807, 2.05) is 30.6 Å². The van der Waals surface area contributed by atoms with Crippen molar-refractivity contribution in [3.05, 3.63) is 158 Å². The van der Waals surface area contributed by atoms with Gasteiger partial charge in [0.15, 0.2) is 5.58 Å². The molecular formula is C38H26N4O. The highest BCUT2D eigenvalue weighted by Gasteiger charge is 2.21.